The maximum Gasteiger partial charge on any atom is 0.226 e. The van der Waals surface area contributed by atoms with Crippen LogP contribution in [0.25, 0.3) is 0 Å². The van der Waals surface area contributed by atoms with Crippen LogP contribution in [0.3, 0.4) is 0 Å². The summed E-state index contributed by atoms with van der Waals surface area (Å²) in [5.41, 5.74) is 1.60. The van der Waals surface area contributed by atoms with Gasteiger partial charge >= 0.3 is 0 Å². The van der Waals surface area contributed by atoms with Crippen molar-refractivity contribution in [3.8, 4) is 5.88 Å². The van der Waals surface area contributed by atoms with Crippen molar-refractivity contribution in [1.82, 2.24) is 9.97 Å². The van der Waals surface area contributed by atoms with Crippen molar-refractivity contribution >= 4 is 5.95 Å². The van der Waals surface area contributed by atoms with Gasteiger partial charge in [-0.2, -0.15) is 4.98 Å². The molecule has 2 bridgehead atoms. The molecule has 2 aliphatic carbocycles. The zero-order valence-corrected chi connectivity index (χ0v) is 13.2. The van der Waals surface area contributed by atoms with Gasteiger partial charge in [0.15, 0.2) is 0 Å². The monoisotopic (exact) mass is 275 g/mol. The van der Waals surface area contributed by atoms with Crippen LogP contribution in [0.15, 0.2) is 6.07 Å². The van der Waals surface area contributed by atoms with E-state index >= 15 is 0 Å². The predicted molar refractivity (Wildman–Crippen MR) is 80.0 cm³/mol. The van der Waals surface area contributed by atoms with Gasteiger partial charge < -0.3 is 10.1 Å². The Morgan fingerprint density at radius 1 is 1.30 bits per heavy atom. The predicted octanol–water partition coefficient (Wildman–Crippen LogP) is 3.42. The molecule has 3 rings (SSSR count). The summed E-state index contributed by atoms with van der Waals surface area (Å²) in [5.74, 6) is 2.15. The number of methoxy groups -OCH3 is 1. The van der Waals surface area contributed by atoms with Crippen molar-refractivity contribution in [1.29, 1.82) is 0 Å². The second-order valence-electron chi connectivity index (χ2n) is 7.37. The summed E-state index contributed by atoms with van der Waals surface area (Å²) in [6.45, 7) is 9.15. The zero-order valence-electron chi connectivity index (χ0n) is 13.2. The fourth-order valence-electron chi connectivity index (χ4n) is 4.50. The molecule has 0 aromatic carbocycles. The molecule has 1 aromatic rings. The van der Waals surface area contributed by atoms with Gasteiger partial charge in [-0.3, -0.25) is 0 Å². The molecular weight excluding hydrogens is 250 g/mol. The summed E-state index contributed by atoms with van der Waals surface area (Å²) in [7, 11) is 1.65. The van der Waals surface area contributed by atoms with Crippen LogP contribution in [-0.4, -0.2) is 23.1 Å². The second kappa shape index (κ2) is 4.34. The molecule has 20 heavy (non-hydrogen) atoms. The summed E-state index contributed by atoms with van der Waals surface area (Å²) in [6, 6.07) is 2.29. The van der Waals surface area contributed by atoms with E-state index in [-0.39, 0.29) is 0 Å². The number of nitrogens with zero attached hydrogens (tertiary/aromatic N) is 2. The van der Waals surface area contributed by atoms with E-state index in [2.05, 4.69) is 36.1 Å². The molecule has 0 radical (unpaired) electrons. The molecule has 3 unspecified atom stereocenters. The molecule has 2 fully saturated rings. The van der Waals surface area contributed by atoms with Crippen molar-refractivity contribution in [3.05, 3.63) is 11.8 Å². The lowest BCUT2D eigenvalue weighted by molar-refractivity contribution is 0.154. The number of anilines is 1. The third-order valence-electron chi connectivity index (χ3n) is 5.58. The van der Waals surface area contributed by atoms with Crippen LogP contribution in [0.4, 0.5) is 5.95 Å². The van der Waals surface area contributed by atoms with E-state index in [9.17, 15) is 0 Å². The van der Waals surface area contributed by atoms with Crippen LogP contribution in [0, 0.1) is 23.7 Å². The minimum atomic E-state index is 0.299. The molecular formula is C16H25N3O. The van der Waals surface area contributed by atoms with Gasteiger partial charge in [0.25, 0.3) is 0 Å². The van der Waals surface area contributed by atoms with Crippen molar-refractivity contribution < 1.29 is 4.74 Å². The number of nitrogens with one attached hydrogen (secondary N) is 1. The van der Waals surface area contributed by atoms with E-state index in [4.69, 9.17) is 4.74 Å². The molecule has 1 heterocycles. The second-order valence-corrected chi connectivity index (χ2v) is 7.37. The Morgan fingerprint density at radius 2 is 2.05 bits per heavy atom. The van der Waals surface area contributed by atoms with Crippen molar-refractivity contribution in [2.24, 2.45) is 16.7 Å². The normalized spacial score (nSPS) is 34.2. The average Bonchev–Trinajstić information content (AvgIpc) is 2.85. The summed E-state index contributed by atoms with van der Waals surface area (Å²) in [4.78, 5) is 8.97. The average molecular weight is 275 g/mol. The van der Waals surface area contributed by atoms with E-state index in [1.165, 1.54) is 19.3 Å². The quantitative estimate of drug-likeness (QED) is 0.918. The summed E-state index contributed by atoms with van der Waals surface area (Å²) >= 11 is 0. The number of rotatable bonds is 3. The van der Waals surface area contributed by atoms with Crippen molar-refractivity contribution in [2.75, 3.05) is 12.4 Å². The Labute approximate surface area is 121 Å². The van der Waals surface area contributed by atoms with Gasteiger partial charge in [-0.05, 0) is 42.9 Å². The third kappa shape index (κ3) is 1.97. The zero-order chi connectivity index (χ0) is 14.5. The van der Waals surface area contributed by atoms with Gasteiger partial charge in [0.05, 0.1) is 7.11 Å². The van der Waals surface area contributed by atoms with E-state index in [1.807, 2.05) is 13.0 Å². The highest BCUT2D eigenvalue weighted by Crippen LogP contribution is 2.62. The topological polar surface area (TPSA) is 47.0 Å². The minimum absolute atomic E-state index is 0.299. The van der Waals surface area contributed by atoms with Gasteiger partial charge in [0, 0.05) is 17.8 Å². The SMILES string of the molecule is COc1cc(C)nc(NC2C3(C)CCC(C3)C2(C)C)n1. The molecule has 110 valence electrons. The van der Waals surface area contributed by atoms with Gasteiger partial charge in [-0.25, -0.2) is 4.98 Å². The van der Waals surface area contributed by atoms with Crippen molar-refractivity contribution in [2.45, 2.75) is 53.0 Å². The van der Waals surface area contributed by atoms with Crippen LogP contribution in [0.1, 0.15) is 45.7 Å². The Kier molecular flexibility index (Phi) is 2.96. The van der Waals surface area contributed by atoms with E-state index < -0.39 is 0 Å². The van der Waals surface area contributed by atoms with E-state index in [0.29, 0.717) is 28.7 Å². The summed E-state index contributed by atoms with van der Waals surface area (Å²) in [5, 5.41) is 3.62. The van der Waals surface area contributed by atoms with E-state index in [0.717, 1.165) is 11.6 Å². The standard InChI is InChI=1S/C16H25N3O/c1-10-8-12(20-5)18-14(17-10)19-13-15(2,3)11-6-7-16(13,4)9-11/h8,11,13H,6-7,9H2,1-5H3,(H,17,18,19). The third-order valence-corrected chi connectivity index (χ3v) is 5.58. The van der Waals surface area contributed by atoms with Crippen LogP contribution in [0.5, 0.6) is 5.88 Å². The molecule has 0 amide bonds. The Balaban J connectivity index is 1.89. The Bertz CT molecular complexity index is 524. The van der Waals surface area contributed by atoms with Gasteiger partial charge in [0.2, 0.25) is 11.8 Å². The lowest BCUT2D eigenvalue weighted by atomic mass is 9.68. The fourth-order valence-corrected chi connectivity index (χ4v) is 4.50. The molecule has 4 heteroatoms. The number of hydrogen-bond acceptors (Lipinski definition) is 4. The summed E-state index contributed by atoms with van der Waals surface area (Å²) in [6.07, 6.45) is 3.99. The molecule has 0 spiro atoms. The number of ether oxygens (including phenoxy) is 1. The minimum Gasteiger partial charge on any atom is -0.481 e. The highest BCUT2D eigenvalue weighted by Gasteiger charge is 2.59. The number of aryl methyl sites for hydroxylation is 1. The molecule has 1 N–H and O–H groups in total. The van der Waals surface area contributed by atoms with Crippen molar-refractivity contribution in [3.63, 3.8) is 0 Å². The fraction of sp³-hybridized carbons (Fsp3) is 0.750. The van der Waals surface area contributed by atoms with Crippen LogP contribution < -0.4 is 10.1 Å². The van der Waals surface area contributed by atoms with Gasteiger partial charge in [-0.15, -0.1) is 0 Å². The first-order valence-corrected chi connectivity index (χ1v) is 7.51. The lowest BCUT2D eigenvalue weighted by Gasteiger charge is -2.43. The maximum atomic E-state index is 5.25. The molecule has 2 aliphatic rings. The van der Waals surface area contributed by atoms with Crippen LogP contribution in [0.2, 0.25) is 0 Å². The van der Waals surface area contributed by atoms with Gasteiger partial charge in [0.1, 0.15) is 0 Å². The van der Waals surface area contributed by atoms with Gasteiger partial charge in [-0.1, -0.05) is 20.8 Å². The molecule has 0 aliphatic heterocycles. The number of fused-ring (bicyclic) bond motifs is 2. The Morgan fingerprint density at radius 3 is 2.65 bits per heavy atom. The molecule has 2 saturated carbocycles. The molecule has 0 saturated heterocycles. The first-order chi connectivity index (χ1) is 9.35. The first kappa shape index (κ1) is 13.7. The smallest absolute Gasteiger partial charge is 0.226 e. The highest BCUT2D eigenvalue weighted by atomic mass is 16.5. The van der Waals surface area contributed by atoms with Crippen LogP contribution in [-0.2, 0) is 0 Å². The first-order valence-electron chi connectivity index (χ1n) is 7.51. The largest absolute Gasteiger partial charge is 0.481 e. The summed E-state index contributed by atoms with van der Waals surface area (Å²) < 4.78 is 5.25. The number of aromatic nitrogens is 2. The molecule has 4 nitrogen and oxygen atoms in total. The lowest BCUT2D eigenvalue weighted by Crippen LogP contribution is -2.46. The molecule has 3 atom stereocenters. The highest BCUT2D eigenvalue weighted by molar-refractivity contribution is 5.35. The molecule has 1 aromatic heterocycles. The van der Waals surface area contributed by atoms with Crippen LogP contribution >= 0.6 is 0 Å². The van der Waals surface area contributed by atoms with E-state index in [1.54, 1.807) is 7.11 Å². The maximum absolute atomic E-state index is 5.25. The number of hydrogen-bond donors (Lipinski definition) is 1. The Hall–Kier alpha value is -1.32.